The Bertz CT molecular complexity index is 1860. The number of carbonyl (C=O) groups is 6. The molecular weight excluding hydrogens is 860 g/mol. The number of hydrogen-bond acceptors (Lipinski definition) is 20. The van der Waals surface area contributed by atoms with Gasteiger partial charge in [0, 0.05) is 61.5 Å². The van der Waals surface area contributed by atoms with Crippen LogP contribution < -0.4 is 0 Å². The number of methoxy groups -OCH3 is 1. The summed E-state index contributed by atoms with van der Waals surface area (Å²) in [5, 5.41) is 0. The summed E-state index contributed by atoms with van der Waals surface area (Å²) in [7, 11) is 1.43. The molecule has 65 heavy (non-hydrogen) atoms. The van der Waals surface area contributed by atoms with Crippen molar-refractivity contribution in [3.63, 3.8) is 0 Å². The van der Waals surface area contributed by atoms with Gasteiger partial charge in [-0.05, 0) is 11.1 Å². The van der Waals surface area contributed by atoms with Gasteiger partial charge in [0.1, 0.15) is 62.0 Å². The number of carbonyl (C=O) groups excluding carboxylic acids is 6. The first-order valence-electron chi connectivity index (χ1n) is 21.1. The van der Waals surface area contributed by atoms with Gasteiger partial charge < -0.3 is 66.3 Å². The van der Waals surface area contributed by atoms with Crippen molar-refractivity contribution in [3.05, 3.63) is 71.8 Å². The lowest BCUT2D eigenvalue weighted by Gasteiger charge is -2.48. The first-order valence-corrected chi connectivity index (χ1v) is 21.1. The van der Waals surface area contributed by atoms with Crippen LogP contribution in [-0.4, -0.2) is 143 Å². The van der Waals surface area contributed by atoms with Crippen LogP contribution in [0.25, 0.3) is 0 Å². The summed E-state index contributed by atoms with van der Waals surface area (Å²) in [6.07, 6.45) is -14.9. The van der Waals surface area contributed by atoms with E-state index in [-0.39, 0.29) is 39.3 Å². The standard InChI is InChI=1S/C45H58O20/c1-25(46)53-22-35-40(60-29(5)50)33(58-27(3)48)18-38(62-35)55-24-37-42(65-39-19-34(59-28(4)49)41(61-30(6)51)36(63-39)23-54-26(2)47)43(56-20-31-14-10-8-11-15-31)44(45(52-7)64-37)57-21-32-16-12-9-13-17-32/h8-17,33-45H,18-24H2,1-7H3/t33-,34-,35-,36-,37-,38+,39-,40+,41+,42-,43+,44-,45+/m1/s1. The van der Waals surface area contributed by atoms with Crippen LogP contribution in [0.2, 0.25) is 0 Å². The molecule has 2 aromatic carbocycles. The third kappa shape index (κ3) is 15.8. The second-order valence-corrected chi connectivity index (χ2v) is 15.5. The average Bonchev–Trinajstić information content (AvgIpc) is 3.25. The van der Waals surface area contributed by atoms with E-state index in [0.717, 1.165) is 11.1 Å². The normalized spacial score (nSPS) is 30.0. The fourth-order valence-electron chi connectivity index (χ4n) is 7.63. The number of esters is 6. The Labute approximate surface area is 376 Å². The monoisotopic (exact) mass is 918 g/mol. The molecule has 20 nitrogen and oxygen atoms in total. The van der Waals surface area contributed by atoms with Crippen LogP contribution in [0, 0.1) is 0 Å². The second-order valence-electron chi connectivity index (χ2n) is 15.5. The van der Waals surface area contributed by atoms with E-state index in [1.165, 1.54) is 48.7 Å². The van der Waals surface area contributed by atoms with Crippen LogP contribution in [0.5, 0.6) is 0 Å². The van der Waals surface area contributed by atoms with Crippen molar-refractivity contribution in [1.29, 1.82) is 0 Å². The van der Waals surface area contributed by atoms with Gasteiger partial charge in [-0.1, -0.05) is 60.7 Å². The fraction of sp³-hybridized carbons (Fsp3) is 0.600. The molecule has 0 radical (unpaired) electrons. The molecule has 3 fully saturated rings. The first-order chi connectivity index (χ1) is 31.1. The van der Waals surface area contributed by atoms with E-state index in [1.807, 2.05) is 60.7 Å². The van der Waals surface area contributed by atoms with Gasteiger partial charge >= 0.3 is 35.8 Å². The van der Waals surface area contributed by atoms with Crippen molar-refractivity contribution in [1.82, 2.24) is 0 Å². The molecule has 2 aromatic rings. The van der Waals surface area contributed by atoms with Crippen molar-refractivity contribution >= 4 is 35.8 Å². The third-order valence-electron chi connectivity index (χ3n) is 10.3. The number of rotatable bonds is 20. The van der Waals surface area contributed by atoms with E-state index >= 15 is 0 Å². The van der Waals surface area contributed by atoms with Crippen molar-refractivity contribution in [2.24, 2.45) is 0 Å². The third-order valence-corrected chi connectivity index (χ3v) is 10.3. The van der Waals surface area contributed by atoms with E-state index in [0.29, 0.717) is 0 Å². The maximum absolute atomic E-state index is 12.4. The molecule has 0 saturated carbocycles. The lowest BCUT2D eigenvalue weighted by molar-refractivity contribution is -0.358. The van der Waals surface area contributed by atoms with Gasteiger partial charge in [-0.2, -0.15) is 0 Å². The summed E-state index contributed by atoms with van der Waals surface area (Å²) in [6, 6.07) is 18.7. The molecule has 0 amide bonds. The van der Waals surface area contributed by atoms with Crippen molar-refractivity contribution < 1.29 is 95.1 Å². The Kier molecular flexibility index (Phi) is 19.6. The molecule has 13 atom stereocenters. The average molecular weight is 919 g/mol. The van der Waals surface area contributed by atoms with Gasteiger partial charge in [0.15, 0.2) is 31.1 Å². The number of hydrogen-bond donors (Lipinski definition) is 0. The second kappa shape index (κ2) is 25.0. The zero-order valence-electron chi connectivity index (χ0n) is 37.4. The smallest absolute Gasteiger partial charge is 0.303 e. The predicted molar refractivity (Wildman–Crippen MR) is 219 cm³/mol. The summed E-state index contributed by atoms with van der Waals surface area (Å²) in [4.78, 5) is 72.9. The lowest BCUT2D eigenvalue weighted by Crippen LogP contribution is -2.64. The fourth-order valence-corrected chi connectivity index (χ4v) is 7.63. The van der Waals surface area contributed by atoms with E-state index in [2.05, 4.69) is 0 Å². The quantitative estimate of drug-likeness (QED) is 0.137. The molecule has 3 aliphatic heterocycles. The Hall–Kier alpha value is -5.06. The Morgan fingerprint density at radius 2 is 0.908 bits per heavy atom. The van der Waals surface area contributed by atoms with Crippen LogP contribution in [0.3, 0.4) is 0 Å². The summed E-state index contributed by atoms with van der Waals surface area (Å²) < 4.78 is 84.1. The van der Waals surface area contributed by atoms with E-state index in [4.69, 9.17) is 66.3 Å². The SMILES string of the molecule is CO[C@H]1O[C@H](CO[C@@H]2C[C@@H](OC(C)=O)[C@H](OC(C)=O)[C@@H](COC(C)=O)O2)[C@@H](O[C@@H]2C[C@@H](OC(C)=O)[C@H](OC(C)=O)[C@@H](COC(C)=O)O2)[C@H](OCc2ccccc2)[C@H]1OCc1ccccc1. The predicted octanol–water partition coefficient (Wildman–Crippen LogP) is 3.01. The van der Waals surface area contributed by atoms with Crippen LogP contribution in [0.4, 0.5) is 0 Å². The zero-order chi connectivity index (χ0) is 47.0. The molecule has 3 saturated heterocycles. The highest BCUT2D eigenvalue weighted by atomic mass is 16.8. The van der Waals surface area contributed by atoms with Gasteiger partial charge in [-0.3, -0.25) is 28.8 Å². The molecule has 0 spiro atoms. The molecule has 358 valence electrons. The van der Waals surface area contributed by atoms with Crippen molar-refractivity contribution in [3.8, 4) is 0 Å². The van der Waals surface area contributed by atoms with Gasteiger partial charge in [0.2, 0.25) is 0 Å². The van der Waals surface area contributed by atoms with Crippen molar-refractivity contribution in [2.45, 2.75) is 148 Å². The maximum Gasteiger partial charge on any atom is 0.303 e. The zero-order valence-corrected chi connectivity index (χ0v) is 37.4. The lowest BCUT2D eigenvalue weighted by atomic mass is 9.96. The number of benzene rings is 2. The molecule has 0 N–H and O–H groups in total. The van der Waals surface area contributed by atoms with Crippen LogP contribution in [0.15, 0.2) is 60.7 Å². The topological polar surface area (TPSA) is 232 Å². The minimum absolute atomic E-state index is 0.0664. The van der Waals surface area contributed by atoms with Crippen LogP contribution in [0.1, 0.15) is 65.5 Å². The van der Waals surface area contributed by atoms with Crippen LogP contribution >= 0.6 is 0 Å². The van der Waals surface area contributed by atoms with E-state index in [1.54, 1.807) is 0 Å². The maximum atomic E-state index is 12.4. The molecule has 3 heterocycles. The minimum Gasteiger partial charge on any atom is -0.463 e. The Morgan fingerprint density at radius 3 is 1.35 bits per heavy atom. The van der Waals surface area contributed by atoms with E-state index < -0.39 is 122 Å². The molecule has 0 aliphatic carbocycles. The van der Waals surface area contributed by atoms with Gasteiger partial charge in [-0.25, -0.2) is 0 Å². The summed E-state index contributed by atoms with van der Waals surface area (Å²) in [6.45, 7) is 6.22. The van der Waals surface area contributed by atoms with Gasteiger partial charge in [0.25, 0.3) is 0 Å². The summed E-state index contributed by atoms with van der Waals surface area (Å²) in [5.41, 5.74) is 1.65. The molecule has 0 unspecified atom stereocenters. The highest BCUT2D eigenvalue weighted by Gasteiger charge is 2.53. The van der Waals surface area contributed by atoms with Gasteiger partial charge in [-0.15, -0.1) is 0 Å². The minimum atomic E-state index is -1.25. The molecule has 3 aliphatic rings. The highest BCUT2D eigenvalue weighted by Crippen LogP contribution is 2.36. The summed E-state index contributed by atoms with van der Waals surface area (Å²) >= 11 is 0. The van der Waals surface area contributed by atoms with E-state index in [9.17, 15) is 28.8 Å². The molecule has 0 aromatic heterocycles. The largest absolute Gasteiger partial charge is 0.463 e. The first kappa shape index (κ1) is 50.9. The Balaban J connectivity index is 1.52. The molecule has 20 heteroatoms. The number of ether oxygens (including phenoxy) is 14. The van der Waals surface area contributed by atoms with Gasteiger partial charge in [0.05, 0.1) is 19.8 Å². The van der Waals surface area contributed by atoms with Crippen LogP contribution in [-0.2, 0) is 108 Å². The van der Waals surface area contributed by atoms with Crippen molar-refractivity contribution in [2.75, 3.05) is 26.9 Å². The molecule has 0 bridgehead atoms. The molecule has 5 rings (SSSR count). The Morgan fingerprint density at radius 1 is 0.477 bits per heavy atom. The highest BCUT2D eigenvalue weighted by molar-refractivity contribution is 5.68. The summed E-state index contributed by atoms with van der Waals surface area (Å²) in [5.74, 6) is -4.03. The molecular formula is C45H58O20.